The number of rotatable bonds is 6. The Bertz CT molecular complexity index is 882. The van der Waals surface area contributed by atoms with Gasteiger partial charge in [-0.1, -0.05) is 19.1 Å². The van der Waals surface area contributed by atoms with Gasteiger partial charge < -0.3 is 28.4 Å². The zero-order chi connectivity index (χ0) is 20.6. The first kappa shape index (κ1) is 19.9. The Morgan fingerprint density at radius 2 is 1.31 bits per heavy atom. The molecule has 0 bridgehead atoms. The number of fused-ring (bicyclic) bond motifs is 1. The van der Waals surface area contributed by atoms with Gasteiger partial charge in [0.05, 0.1) is 53.9 Å². The van der Waals surface area contributed by atoms with Gasteiger partial charge in [-0.15, -0.1) is 0 Å². The topological polar surface area (TPSA) is 55.4 Å². The quantitative estimate of drug-likeness (QED) is 0.725. The lowest BCUT2D eigenvalue weighted by atomic mass is 9.72. The molecular weight excluding hydrogens is 372 g/mol. The van der Waals surface area contributed by atoms with Crippen molar-refractivity contribution in [2.75, 3.05) is 41.7 Å². The molecule has 2 fully saturated rings. The van der Waals surface area contributed by atoms with E-state index >= 15 is 0 Å². The molecule has 2 aromatic rings. The van der Waals surface area contributed by atoms with E-state index in [1.165, 1.54) is 0 Å². The van der Waals surface area contributed by atoms with E-state index in [2.05, 4.69) is 6.92 Å². The molecule has 2 saturated heterocycles. The summed E-state index contributed by atoms with van der Waals surface area (Å²) in [6.45, 7) is 3.50. The Morgan fingerprint density at radius 1 is 0.759 bits per heavy atom. The number of hydrogen-bond donors (Lipinski definition) is 0. The predicted octanol–water partition coefficient (Wildman–Crippen LogP) is 4.19. The molecule has 0 saturated carbocycles. The third-order valence-electron chi connectivity index (χ3n) is 6.27. The first-order valence-electron chi connectivity index (χ1n) is 9.72. The molecule has 4 atom stereocenters. The fraction of sp³-hybridized carbons (Fsp3) is 0.478. The Balaban J connectivity index is 1.63. The van der Waals surface area contributed by atoms with E-state index in [9.17, 15) is 0 Å². The minimum absolute atomic E-state index is 0.0510. The monoisotopic (exact) mass is 400 g/mol. The molecule has 6 heteroatoms. The number of methoxy groups -OCH3 is 4. The highest BCUT2D eigenvalue weighted by Gasteiger charge is 2.57. The second-order valence-electron chi connectivity index (χ2n) is 7.79. The molecule has 156 valence electrons. The summed E-state index contributed by atoms with van der Waals surface area (Å²) in [5.41, 5.74) is 2.01. The molecule has 0 aliphatic carbocycles. The highest BCUT2D eigenvalue weighted by Crippen LogP contribution is 2.59. The van der Waals surface area contributed by atoms with Crippen LogP contribution >= 0.6 is 0 Å². The first-order chi connectivity index (χ1) is 14.0. The molecule has 2 aliphatic rings. The maximum absolute atomic E-state index is 6.30. The van der Waals surface area contributed by atoms with Crippen molar-refractivity contribution < 1.29 is 28.4 Å². The van der Waals surface area contributed by atoms with Crippen molar-refractivity contribution in [1.82, 2.24) is 0 Å². The van der Waals surface area contributed by atoms with Crippen LogP contribution in [0.4, 0.5) is 0 Å². The van der Waals surface area contributed by atoms with Gasteiger partial charge in [0.25, 0.3) is 0 Å². The molecule has 6 nitrogen and oxygen atoms in total. The van der Waals surface area contributed by atoms with Gasteiger partial charge in [-0.3, -0.25) is 0 Å². The van der Waals surface area contributed by atoms with Crippen LogP contribution < -0.4 is 18.9 Å². The van der Waals surface area contributed by atoms with Crippen molar-refractivity contribution in [1.29, 1.82) is 0 Å². The molecule has 2 heterocycles. The van der Waals surface area contributed by atoms with E-state index in [0.29, 0.717) is 36.2 Å². The Labute approximate surface area is 171 Å². The van der Waals surface area contributed by atoms with Gasteiger partial charge in [0.2, 0.25) is 0 Å². The van der Waals surface area contributed by atoms with E-state index in [4.69, 9.17) is 28.4 Å². The molecular formula is C23H28O6. The molecule has 0 aromatic heterocycles. The fourth-order valence-corrected chi connectivity index (χ4v) is 4.63. The second kappa shape index (κ2) is 7.76. The van der Waals surface area contributed by atoms with E-state index in [1.54, 1.807) is 28.4 Å². The van der Waals surface area contributed by atoms with E-state index in [1.807, 2.05) is 36.4 Å². The first-order valence-corrected chi connectivity index (χ1v) is 9.72. The van der Waals surface area contributed by atoms with Crippen LogP contribution in [0.3, 0.4) is 0 Å². The van der Waals surface area contributed by atoms with Crippen molar-refractivity contribution in [3.05, 3.63) is 47.5 Å². The van der Waals surface area contributed by atoms with Crippen LogP contribution in [0, 0.1) is 11.3 Å². The molecule has 0 radical (unpaired) electrons. The molecule has 0 amide bonds. The smallest absolute Gasteiger partial charge is 0.161 e. The second-order valence-corrected chi connectivity index (χ2v) is 7.79. The molecule has 4 rings (SSSR count). The van der Waals surface area contributed by atoms with Crippen LogP contribution in [0.5, 0.6) is 23.0 Å². The lowest BCUT2D eigenvalue weighted by molar-refractivity contribution is 0.000543. The van der Waals surface area contributed by atoms with Crippen LogP contribution in [0.25, 0.3) is 0 Å². The minimum Gasteiger partial charge on any atom is -0.493 e. The summed E-state index contributed by atoms with van der Waals surface area (Å²) in [6.07, 6.45) is -0.123. The normalized spacial score (nSPS) is 28.1. The molecule has 0 N–H and O–H groups in total. The number of hydrogen-bond acceptors (Lipinski definition) is 6. The summed E-state index contributed by atoms with van der Waals surface area (Å²) in [6, 6.07) is 11.9. The average Bonchev–Trinajstić information content (AvgIpc) is 3.27. The third-order valence-corrected chi connectivity index (χ3v) is 6.27. The Kier molecular flexibility index (Phi) is 5.32. The van der Waals surface area contributed by atoms with Gasteiger partial charge in [-0.25, -0.2) is 0 Å². The lowest BCUT2D eigenvalue weighted by Gasteiger charge is -2.29. The SMILES string of the molecule is COc1ccc([C@H]2OC[C@@]3(C)[C@H](c4ccc(OC)c(OC)c4)OC[C@@H]23)cc1OC. The van der Waals surface area contributed by atoms with Crippen LogP contribution in [0.2, 0.25) is 0 Å². The van der Waals surface area contributed by atoms with Gasteiger partial charge in [0.1, 0.15) is 0 Å². The summed E-state index contributed by atoms with van der Waals surface area (Å²) in [4.78, 5) is 0. The Hall–Kier alpha value is -2.44. The Morgan fingerprint density at radius 3 is 1.90 bits per heavy atom. The maximum Gasteiger partial charge on any atom is 0.161 e. The number of ether oxygens (including phenoxy) is 6. The standard InChI is InChI=1S/C23H28O6/c1-23-13-29-21(14-6-8-17(24-2)19(10-14)26-4)16(23)12-28-22(23)15-7-9-18(25-3)20(11-15)27-5/h6-11,16,21-22H,12-13H2,1-5H3/t16-,21+,22-,23+/m0/s1. The van der Waals surface area contributed by atoms with E-state index in [0.717, 1.165) is 11.1 Å². The summed E-state index contributed by atoms with van der Waals surface area (Å²) in [5.74, 6) is 3.07. The van der Waals surface area contributed by atoms with Crippen LogP contribution in [0.15, 0.2) is 36.4 Å². The van der Waals surface area contributed by atoms with Gasteiger partial charge in [0, 0.05) is 11.3 Å². The maximum atomic E-state index is 6.30. The third kappa shape index (κ3) is 3.20. The summed E-state index contributed by atoms with van der Waals surface area (Å²) in [7, 11) is 6.57. The van der Waals surface area contributed by atoms with Crippen molar-refractivity contribution in [3.8, 4) is 23.0 Å². The van der Waals surface area contributed by atoms with E-state index < -0.39 is 0 Å². The lowest BCUT2D eigenvalue weighted by Crippen LogP contribution is -2.28. The van der Waals surface area contributed by atoms with Gasteiger partial charge >= 0.3 is 0 Å². The van der Waals surface area contributed by atoms with Gasteiger partial charge in [0.15, 0.2) is 23.0 Å². The van der Waals surface area contributed by atoms with Crippen molar-refractivity contribution in [2.45, 2.75) is 19.1 Å². The van der Waals surface area contributed by atoms with Gasteiger partial charge in [-0.2, -0.15) is 0 Å². The zero-order valence-electron chi connectivity index (χ0n) is 17.6. The molecule has 2 aromatic carbocycles. The fourth-order valence-electron chi connectivity index (χ4n) is 4.63. The molecule has 0 spiro atoms. The van der Waals surface area contributed by atoms with Crippen LogP contribution in [-0.4, -0.2) is 41.7 Å². The van der Waals surface area contributed by atoms with Crippen molar-refractivity contribution in [2.24, 2.45) is 11.3 Å². The van der Waals surface area contributed by atoms with E-state index in [-0.39, 0.29) is 23.5 Å². The minimum atomic E-state index is -0.141. The van der Waals surface area contributed by atoms with Crippen molar-refractivity contribution in [3.63, 3.8) is 0 Å². The molecule has 29 heavy (non-hydrogen) atoms. The van der Waals surface area contributed by atoms with Crippen LogP contribution in [-0.2, 0) is 9.47 Å². The van der Waals surface area contributed by atoms with Gasteiger partial charge in [-0.05, 0) is 35.4 Å². The summed E-state index contributed by atoms with van der Waals surface area (Å²) in [5, 5.41) is 0. The summed E-state index contributed by atoms with van der Waals surface area (Å²) >= 11 is 0. The highest BCUT2D eigenvalue weighted by atomic mass is 16.5. The predicted molar refractivity (Wildman–Crippen MR) is 108 cm³/mol. The average molecular weight is 400 g/mol. The van der Waals surface area contributed by atoms with Crippen molar-refractivity contribution >= 4 is 0 Å². The molecule has 0 unspecified atom stereocenters. The highest BCUT2D eigenvalue weighted by molar-refractivity contribution is 5.46. The largest absolute Gasteiger partial charge is 0.493 e. The molecule has 2 aliphatic heterocycles. The zero-order valence-corrected chi connectivity index (χ0v) is 17.6. The van der Waals surface area contributed by atoms with Crippen LogP contribution in [0.1, 0.15) is 30.3 Å². The number of benzene rings is 2. The summed E-state index contributed by atoms with van der Waals surface area (Å²) < 4.78 is 34.3.